The highest BCUT2D eigenvalue weighted by Crippen LogP contribution is 2.36. The lowest BCUT2D eigenvalue weighted by Crippen LogP contribution is -2.20. The maximum atomic E-state index is 12.1. The van der Waals surface area contributed by atoms with Crippen LogP contribution in [0.15, 0.2) is 0 Å². The molecule has 5 heteroatoms. The van der Waals surface area contributed by atoms with Crippen LogP contribution >= 0.6 is 0 Å². The predicted molar refractivity (Wildman–Crippen MR) is 98.0 cm³/mol. The molecule has 25 heavy (non-hydrogen) atoms. The summed E-state index contributed by atoms with van der Waals surface area (Å²) in [5, 5.41) is 10.1. The molecule has 5 nitrogen and oxygen atoms in total. The van der Waals surface area contributed by atoms with Gasteiger partial charge in [-0.3, -0.25) is 14.4 Å². The van der Waals surface area contributed by atoms with Gasteiger partial charge in [-0.1, -0.05) is 59.3 Å². The Bertz CT molecular complexity index is 380. The fourth-order valence-electron chi connectivity index (χ4n) is 3.51. The largest absolute Gasteiger partial charge is 0.395 e. The van der Waals surface area contributed by atoms with Crippen LogP contribution in [0.3, 0.4) is 0 Å². The van der Waals surface area contributed by atoms with Crippen molar-refractivity contribution < 1.29 is 24.2 Å². The van der Waals surface area contributed by atoms with Gasteiger partial charge in [0, 0.05) is 18.8 Å². The second kappa shape index (κ2) is 15.1. The molecule has 0 aliphatic heterocycles. The van der Waals surface area contributed by atoms with Gasteiger partial charge in [-0.25, -0.2) is 0 Å². The van der Waals surface area contributed by atoms with E-state index in [9.17, 15) is 19.5 Å². The molecule has 0 radical (unpaired) electrons. The number of aliphatic hydroxyl groups is 1. The molecule has 0 heterocycles. The summed E-state index contributed by atoms with van der Waals surface area (Å²) in [5.41, 5.74) is 0. The molecule has 1 saturated carbocycles. The zero-order chi connectivity index (χ0) is 19.1. The van der Waals surface area contributed by atoms with Gasteiger partial charge in [-0.15, -0.1) is 0 Å². The summed E-state index contributed by atoms with van der Waals surface area (Å²) < 4.78 is 4.22. The van der Waals surface area contributed by atoms with Crippen molar-refractivity contribution >= 4 is 18.2 Å². The van der Waals surface area contributed by atoms with Crippen molar-refractivity contribution in [2.45, 2.75) is 97.5 Å². The van der Waals surface area contributed by atoms with Gasteiger partial charge in [-0.2, -0.15) is 0 Å². The Hall–Kier alpha value is -1.23. The van der Waals surface area contributed by atoms with Gasteiger partial charge in [0.05, 0.1) is 6.10 Å². The summed E-state index contributed by atoms with van der Waals surface area (Å²) in [6.45, 7) is 6.32. The summed E-state index contributed by atoms with van der Waals surface area (Å²) in [6.07, 6.45) is 8.78. The number of ether oxygens (including phenoxy) is 1. The first-order valence-corrected chi connectivity index (χ1v) is 9.94. The minimum Gasteiger partial charge on any atom is -0.395 e. The number of aliphatic hydroxyl groups excluding tert-OH is 1. The molecule has 0 amide bonds. The van der Waals surface area contributed by atoms with Crippen molar-refractivity contribution in [2.75, 3.05) is 0 Å². The molecular weight excluding hydrogens is 320 g/mol. The van der Waals surface area contributed by atoms with Gasteiger partial charge in [0.25, 0.3) is 0 Å². The molecule has 0 aromatic rings. The van der Waals surface area contributed by atoms with Crippen LogP contribution in [0.25, 0.3) is 0 Å². The van der Waals surface area contributed by atoms with Crippen molar-refractivity contribution in [2.24, 2.45) is 11.8 Å². The van der Waals surface area contributed by atoms with E-state index in [0.29, 0.717) is 12.8 Å². The Kier molecular flexibility index (Phi) is 14.3. The fourth-order valence-corrected chi connectivity index (χ4v) is 3.51. The number of ketones is 1. The van der Waals surface area contributed by atoms with Gasteiger partial charge >= 0.3 is 12.4 Å². The number of unbranched alkanes of at least 4 members (excludes halogenated alkanes) is 5. The van der Waals surface area contributed by atoms with Crippen LogP contribution in [0.1, 0.15) is 91.4 Å². The van der Waals surface area contributed by atoms with Crippen LogP contribution in [0.2, 0.25) is 0 Å². The SMILES string of the molecule is CC.CCCCCC1C(O)CC(=O)C1CCCCCCC(=O)OC=O. The Labute approximate surface area is 152 Å². The Morgan fingerprint density at radius 2 is 1.76 bits per heavy atom. The van der Waals surface area contributed by atoms with E-state index in [-0.39, 0.29) is 30.5 Å². The molecule has 1 aliphatic carbocycles. The average molecular weight is 357 g/mol. The van der Waals surface area contributed by atoms with Crippen LogP contribution < -0.4 is 0 Å². The maximum Gasteiger partial charge on any atom is 0.313 e. The van der Waals surface area contributed by atoms with E-state index < -0.39 is 12.1 Å². The maximum absolute atomic E-state index is 12.1. The Balaban J connectivity index is 0.00000277. The van der Waals surface area contributed by atoms with E-state index in [1.54, 1.807) is 0 Å². The van der Waals surface area contributed by atoms with E-state index in [4.69, 9.17) is 0 Å². The number of carbonyl (C=O) groups excluding carboxylic acids is 3. The Morgan fingerprint density at radius 1 is 1.12 bits per heavy atom. The van der Waals surface area contributed by atoms with Gasteiger partial charge in [0.1, 0.15) is 5.78 Å². The molecule has 0 bridgehead atoms. The van der Waals surface area contributed by atoms with Crippen molar-refractivity contribution in [3.05, 3.63) is 0 Å². The quantitative estimate of drug-likeness (QED) is 0.245. The van der Waals surface area contributed by atoms with Crippen LogP contribution in [0.5, 0.6) is 0 Å². The van der Waals surface area contributed by atoms with E-state index in [2.05, 4.69) is 11.7 Å². The lowest BCUT2D eigenvalue weighted by Gasteiger charge is -2.20. The summed E-state index contributed by atoms with van der Waals surface area (Å²) >= 11 is 0. The van der Waals surface area contributed by atoms with Gasteiger partial charge < -0.3 is 9.84 Å². The zero-order valence-electron chi connectivity index (χ0n) is 16.2. The lowest BCUT2D eigenvalue weighted by molar-refractivity contribution is -0.151. The third kappa shape index (κ3) is 9.73. The topological polar surface area (TPSA) is 80.7 Å². The van der Waals surface area contributed by atoms with Crippen molar-refractivity contribution in [3.63, 3.8) is 0 Å². The smallest absolute Gasteiger partial charge is 0.313 e. The number of esters is 1. The number of carbonyl (C=O) groups is 3. The molecule has 1 aliphatic rings. The molecule has 0 spiro atoms. The molecule has 1 rings (SSSR count). The molecule has 3 unspecified atom stereocenters. The van der Waals surface area contributed by atoms with E-state index in [1.165, 1.54) is 0 Å². The standard InChI is InChI=1S/C18H30O5.C2H6/c1-2-3-6-9-14-15(17(21)12-16(14)20)10-7-4-5-8-11-18(22)23-13-19;1-2/h13-16,20H,2-12H2,1H3;1-2H3. The van der Waals surface area contributed by atoms with E-state index in [1.807, 2.05) is 13.8 Å². The number of hydrogen-bond acceptors (Lipinski definition) is 5. The monoisotopic (exact) mass is 356 g/mol. The lowest BCUT2D eigenvalue weighted by atomic mass is 9.85. The molecular formula is C20H36O5. The summed E-state index contributed by atoms with van der Waals surface area (Å²) in [7, 11) is 0. The van der Waals surface area contributed by atoms with E-state index >= 15 is 0 Å². The minimum atomic E-state index is -0.481. The van der Waals surface area contributed by atoms with Crippen molar-refractivity contribution in [1.82, 2.24) is 0 Å². The first-order chi connectivity index (χ1) is 12.1. The van der Waals surface area contributed by atoms with Crippen LogP contribution in [0.4, 0.5) is 0 Å². The first kappa shape index (κ1) is 23.8. The van der Waals surface area contributed by atoms with E-state index in [0.717, 1.165) is 51.4 Å². The molecule has 0 saturated heterocycles. The minimum absolute atomic E-state index is 0.0156. The highest BCUT2D eigenvalue weighted by atomic mass is 16.6. The molecule has 0 aromatic carbocycles. The van der Waals surface area contributed by atoms with Gasteiger partial charge in [0.2, 0.25) is 0 Å². The van der Waals surface area contributed by atoms with Crippen molar-refractivity contribution in [1.29, 1.82) is 0 Å². The summed E-state index contributed by atoms with van der Waals surface area (Å²) in [5.74, 6) is -0.114. The summed E-state index contributed by atoms with van der Waals surface area (Å²) in [6, 6.07) is 0. The summed E-state index contributed by atoms with van der Waals surface area (Å²) in [4.78, 5) is 33.0. The van der Waals surface area contributed by atoms with Crippen molar-refractivity contribution in [3.8, 4) is 0 Å². The van der Waals surface area contributed by atoms with Crippen LogP contribution in [-0.4, -0.2) is 29.4 Å². The second-order valence-corrected chi connectivity index (χ2v) is 6.54. The number of Topliss-reactive ketones (excluding diaryl/α,β-unsaturated/α-hetero) is 1. The number of rotatable bonds is 12. The van der Waals surface area contributed by atoms with Gasteiger partial charge in [0.15, 0.2) is 0 Å². The highest BCUT2D eigenvalue weighted by Gasteiger charge is 2.40. The fraction of sp³-hybridized carbons (Fsp3) is 0.850. The third-order valence-electron chi connectivity index (χ3n) is 4.80. The number of hydrogen-bond donors (Lipinski definition) is 1. The first-order valence-electron chi connectivity index (χ1n) is 9.94. The third-order valence-corrected chi connectivity index (χ3v) is 4.80. The molecule has 146 valence electrons. The average Bonchev–Trinajstić information content (AvgIpc) is 2.87. The molecule has 1 fully saturated rings. The second-order valence-electron chi connectivity index (χ2n) is 6.54. The Morgan fingerprint density at radius 3 is 2.40 bits per heavy atom. The molecule has 0 aromatic heterocycles. The van der Waals surface area contributed by atoms with Crippen LogP contribution in [-0.2, 0) is 19.1 Å². The highest BCUT2D eigenvalue weighted by molar-refractivity contribution is 5.84. The van der Waals surface area contributed by atoms with Crippen LogP contribution in [0, 0.1) is 11.8 Å². The molecule has 1 N–H and O–H groups in total. The molecule has 3 atom stereocenters. The normalized spacial score (nSPS) is 22.2. The predicted octanol–water partition coefficient (Wildman–Crippen LogP) is 4.20. The zero-order valence-corrected chi connectivity index (χ0v) is 16.2. The van der Waals surface area contributed by atoms with Gasteiger partial charge in [-0.05, 0) is 25.2 Å².